The maximum absolute atomic E-state index is 6.86. The lowest BCUT2D eigenvalue weighted by Gasteiger charge is -2.22. The third kappa shape index (κ3) is 27.0. The summed E-state index contributed by atoms with van der Waals surface area (Å²) in [6.45, 7) is 9.78. The minimum Gasteiger partial charge on any atom is -0.493 e. The highest BCUT2D eigenvalue weighted by Crippen LogP contribution is 2.42. The molecule has 5 aromatic carbocycles. The summed E-state index contributed by atoms with van der Waals surface area (Å²) in [6, 6.07) is 21.6. The standard InChI is InChI=1S/C67H86Br10O10/c1-3-49-39-61(81-27-7-17-71)51(41-60(49)80-26-6-16-70)36-53-43-65(85-31-11-21-75)55(45-64(53)84-30-10-20-74)38-57-47-66(86-32-12-22-76)56(46-67(57)87-33-13-23-77)37-54-44-62(82-28-8-18-72)52(42-63(54)83-29-9-19-73)35-50-40-58(78-24-4-14-68)48(2)34-59(50)79-25-5-15-69/h34,39-47H,3-33,35-38H2,1-2H3. The summed E-state index contributed by atoms with van der Waals surface area (Å²) in [5, 5.41) is 8.31. The molecule has 0 spiro atoms. The van der Waals surface area contributed by atoms with E-state index >= 15 is 0 Å². The van der Waals surface area contributed by atoms with Gasteiger partial charge >= 0.3 is 0 Å². The van der Waals surface area contributed by atoms with Gasteiger partial charge in [-0.15, -0.1) is 0 Å². The van der Waals surface area contributed by atoms with Crippen molar-refractivity contribution >= 4 is 159 Å². The van der Waals surface area contributed by atoms with Crippen molar-refractivity contribution in [1.82, 2.24) is 0 Å². The third-order valence-electron chi connectivity index (χ3n) is 13.6. The zero-order valence-corrected chi connectivity index (χ0v) is 66.2. The molecule has 0 unspecified atom stereocenters. The zero-order valence-electron chi connectivity index (χ0n) is 50.4. The fourth-order valence-electron chi connectivity index (χ4n) is 9.21. The molecule has 5 aromatic rings. The van der Waals surface area contributed by atoms with Crippen LogP contribution in [-0.2, 0) is 32.1 Å². The van der Waals surface area contributed by atoms with Gasteiger partial charge in [-0.3, -0.25) is 0 Å². The molecular weight excluding hydrogens is 1760 g/mol. The Hall–Kier alpha value is -1.10. The van der Waals surface area contributed by atoms with Gasteiger partial charge in [-0.05, 0) is 149 Å². The fourth-order valence-corrected chi connectivity index (χ4v) is 11.5. The van der Waals surface area contributed by atoms with Gasteiger partial charge in [0.25, 0.3) is 0 Å². The molecule has 0 N–H and O–H groups in total. The summed E-state index contributed by atoms with van der Waals surface area (Å²) < 4.78 is 66.7. The molecule has 0 saturated heterocycles. The predicted octanol–water partition coefficient (Wildman–Crippen LogP) is 20.6. The molecule has 0 aliphatic rings. The van der Waals surface area contributed by atoms with Crippen LogP contribution in [0.4, 0.5) is 0 Å². The maximum Gasteiger partial charge on any atom is 0.123 e. The molecule has 0 heterocycles. The van der Waals surface area contributed by atoms with Crippen LogP contribution in [-0.4, -0.2) is 119 Å². The Morgan fingerprint density at radius 1 is 0.218 bits per heavy atom. The quantitative estimate of drug-likeness (QED) is 0.0277. The van der Waals surface area contributed by atoms with Crippen LogP contribution in [0.15, 0.2) is 60.7 Å². The number of benzene rings is 5. The van der Waals surface area contributed by atoms with Gasteiger partial charge in [0.05, 0.1) is 66.1 Å². The average Bonchev–Trinajstić information content (AvgIpc) is 1.65. The second kappa shape index (κ2) is 46.1. The van der Waals surface area contributed by atoms with Crippen molar-refractivity contribution < 1.29 is 47.4 Å². The molecule has 0 aromatic heterocycles. The summed E-state index contributed by atoms with van der Waals surface area (Å²) in [6.07, 6.45) is 11.4. The summed E-state index contributed by atoms with van der Waals surface area (Å²) in [4.78, 5) is 0. The van der Waals surface area contributed by atoms with E-state index in [0.717, 1.165) is 237 Å². The number of aryl methyl sites for hydroxylation is 2. The van der Waals surface area contributed by atoms with E-state index in [2.05, 4.69) is 234 Å². The molecule has 0 aliphatic carbocycles. The molecule has 0 atom stereocenters. The third-order valence-corrected chi connectivity index (χ3v) is 19.2. The minimum atomic E-state index is 0.486. The molecule has 20 heteroatoms. The lowest BCUT2D eigenvalue weighted by atomic mass is 9.94. The largest absolute Gasteiger partial charge is 0.493 e. The van der Waals surface area contributed by atoms with E-state index in [4.69, 9.17) is 47.4 Å². The highest BCUT2D eigenvalue weighted by Gasteiger charge is 2.24. The van der Waals surface area contributed by atoms with Gasteiger partial charge in [0.15, 0.2) is 0 Å². The van der Waals surface area contributed by atoms with E-state index in [9.17, 15) is 0 Å². The van der Waals surface area contributed by atoms with Crippen LogP contribution in [0, 0.1) is 6.92 Å². The van der Waals surface area contributed by atoms with Crippen LogP contribution in [0.25, 0.3) is 0 Å². The van der Waals surface area contributed by atoms with Gasteiger partial charge in [-0.25, -0.2) is 0 Å². The van der Waals surface area contributed by atoms with Gasteiger partial charge in [-0.2, -0.15) is 0 Å². The van der Waals surface area contributed by atoms with Crippen LogP contribution >= 0.6 is 159 Å². The van der Waals surface area contributed by atoms with Crippen LogP contribution < -0.4 is 47.4 Å². The molecule has 0 amide bonds. The highest BCUT2D eigenvalue weighted by molar-refractivity contribution is 9.10. The first-order valence-corrected chi connectivity index (χ1v) is 41.5. The Balaban J connectivity index is 1.70. The van der Waals surface area contributed by atoms with E-state index in [0.29, 0.717) is 91.8 Å². The van der Waals surface area contributed by atoms with E-state index in [1.165, 1.54) is 0 Å². The minimum absolute atomic E-state index is 0.486. The molecule has 87 heavy (non-hydrogen) atoms. The maximum atomic E-state index is 6.86. The summed E-state index contributed by atoms with van der Waals surface area (Å²) >= 11 is 36.3. The Kier molecular flexibility index (Phi) is 40.6. The van der Waals surface area contributed by atoms with Crippen LogP contribution in [0.3, 0.4) is 0 Å². The zero-order chi connectivity index (χ0) is 62.4. The van der Waals surface area contributed by atoms with Gasteiger partial charge in [0, 0.05) is 123 Å². The van der Waals surface area contributed by atoms with Crippen molar-refractivity contribution in [3.63, 3.8) is 0 Å². The van der Waals surface area contributed by atoms with Gasteiger partial charge in [-0.1, -0.05) is 166 Å². The Labute approximate surface area is 603 Å². The molecule has 0 radical (unpaired) electrons. The van der Waals surface area contributed by atoms with Crippen molar-refractivity contribution in [3.05, 3.63) is 116 Å². The monoisotopic (exact) mass is 1840 g/mol. The molecule has 0 fully saturated rings. The lowest BCUT2D eigenvalue weighted by Crippen LogP contribution is -2.10. The van der Waals surface area contributed by atoms with Crippen molar-refractivity contribution in [2.75, 3.05) is 119 Å². The second-order valence-corrected chi connectivity index (χ2v) is 28.4. The van der Waals surface area contributed by atoms with Crippen molar-refractivity contribution in [1.29, 1.82) is 0 Å². The van der Waals surface area contributed by atoms with Gasteiger partial charge < -0.3 is 47.4 Å². The molecule has 5 rings (SSSR count). The van der Waals surface area contributed by atoms with E-state index < -0.39 is 0 Å². The Bertz CT molecular complexity index is 2750. The second-order valence-electron chi connectivity index (χ2n) is 20.5. The summed E-state index contributed by atoms with van der Waals surface area (Å²) in [5.41, 5.74) is 10.1. The van der Waals surface area contributed by atoms with Gasteiger partial charge in [0.2, 0.25) is 0 Å². The van der Waals surface area contributed by atoms with Crippen molar-refractivity contribution in [2.24, 2.45) is 0 Å². The molecule has 0 saturated carbocycles. The number of ether oxygens (including phenoxy) is 10. The normalized spacial score (nSPS) is 11.2. The van der Waals surface area contributed by atoms with Crippen LogP contribution in [0.1, 0.15) is 127 Å². The highest BCUT2D eigenvalue weighted by atomic mass is 79.9. The first-order valence-electron chi connectivity index (χ1n) is 30.3. The Morgan fingerprint density at radius 2 is 0.368 bits per heavy atom. The SMILES string of the molecule is CCc1cc(OCCCBr)c(Cc2cc(OCCCBr)c(Cc3cc(OCCCBr)c(Cc4cc(OCCCBr)c(Cc5cc(OCCCBr)c(C)cc5OCCCBr)cc4OCCCBr)cc3OCCCBr)cc2OCCCBr)cc1OCCCBr. The number of rotatable bonds is 49. The summed E-state index contributed by atoms with van der Waals surface area (Å²) in [7, 11) is 0. The molecule has 0 bridgehead atoms. The Morgan fingerprint density at radius 3 is 0.552 bits per heavy atom. The first-order chi connectivity index (χ1) is 42.6. The van der Waals surface area contributed by atoms with E-state index in [-0.39, 0.29) is 0 Å². The average molecular weight is 1850 g/mol. The summed E-state index contributed by atoms with van der Waals surface area (Å²) in [5.74, 6) is 8.13. The first kappa shape index (κ1) is 76.6. The molecular formula is C67H86Br10O10. The number of hydrogen-bond acceptors (Lipinski definition) is 10. The van der Waals surface area contributed by atoms with Crippen molar-refractivity contribution in [2.45, 2.75) is 110 Å². The van der Waals surface area contributed by atoms with Gasteiger partial charge in [0.1, 0.15) is 57.5 Å². The number of hydrogen-bond donors (Lipinski definition) is 0. The smallest absolute Gasteiger partial charge is 0.123 e. The van der Waals surface area contributed by atoms with E-state index in [1.807, 2.05) is 0 Å². The predicted molar refractivity (Wildman–Crippen MR) is 397 cm³/mol. The fraction of sp³-hybridized carbons (Fsp3) is 0.552. The van der Waals surface area contributed by atoms with Crippen LogP contribution in [0.5, 0.6) is 57.5 Å². The number of alkyl halides is 10. The van der Waals surface area contributed by atoms with Crippen molar-refractivity contribution in [3.8, 4) is 57.5 Å². The van der Waals surface area contributed by atoms with E-state index in [1.54, 1.807) is 0 Å². The topological polar surface area (TPSA) is 92.3 Å². The lowest BCUT2D eigenvalue weighted by molar-refractivity contribution is 0.300. The molecule has 0 aliphatic heterocycles. The molecule has 484 valence electrons. The van der Waals surface area contributed by atoms with Crippen LogP contribution in [0.2, 0.25) is 0 Å². The number of halogens is 10. The molecule has 10 nitrogen and oxygen atoms in total.